The Balaban J connectivity index is 2.28. The first-order chi connectivity index (χ1) is 13.6. The molecule has 5 heteroatoms. The Morgan fingerprint density at radius 3 is 2.55 bits per heavy atom. The third-order valence-electron chi connectivity index (χ3n) is 4.95. The van der Waals surface area contributed by atoms with E-state index >= 15 is 0 Å². The number of allylic oxidation sites excluding steroid dienone is 1. The summed E-state index contributed by atoms with van der Waals surface area (Å²) in [5.74, 6) is -0.357. The maximum absolute atomic E-state index is 13.9. The molecule has 1 aliphatic heterocycles. The second-order valence-corrected chi connectivity index (χ2v) is 8.55. The molecule has 0 N–H and O–H groups in total. The Morgan fingerprint density at radius 2 is 1.93 bits per heavy atom. The standard InChI is InChI=1S/C24H24ClNO3/c1-6-7-14-24(18-13-12-17(25)15-16(18)2)19-10-8-9-11-20(19)26(21(24)27)22(28)29-23(3,4)5/h7-13,15H,1,14H2,2-5H3. The van der Waals surface area contributed by atoms with Crippen molar-refractivity contribution in [1.29, 1.82) is 0 Å². The topological polar surface area (TPSA) is 46.6 Å². The number of carbonyl (C=O) groups is 2. The van der Waals surface area contributed by atoms with E-state index in [1.807, 2.05) is 31.2 Å². The van der Waals surface area contributed by atoms with Crippen molar-refractivity contribution in [3.05, 3.63) is 82.6 Å². The average molecular weight is 410 g/mol. The van der Waals surface area contributed by atoms with Crippen LogP contribution in [0.5, 0.6) is 0 Å². The summed E-state index contributed by atoms with van der Waals surface area (Å²) < 4.78 is 5.54. The van der Waals surface area contributed by atoms with E-state index < -0.39 is 17.1 Å². The first-order valence-corrected chi connectivity index (χ1v) is 9.77. The Morgan fingerprint density at radius 1 is 1.24 bits per heavy atom. The van der Waals surface area contributed by atoms with Crippen molar-refractivity contribution in [2.75, 3.05) is 4.90 Å². The summed E-state index contributed by atoms with van der Waals surface area (Å²) in [4.78, 5) is 28.0. The fourth-order valence-electron chi connectivity index (χ4n) is 3.83. The molecule has 0 aliphatic carbocycles. The second-order valence-electron chi connectivity index (χ2n) is 8.11. The molecule has 2 aromatic carbocycles. The number of nitrogens with zero attached hydrogens (tertiary/aromatic N) is 1. The molecule has 0 radical (unpaired) electrons. The van der Waals surface area contributed by atoms with Crippen molar-refractivity contribution in [2.45, 2.75) is 45.1 Å². The van der Waals surface area contributed by atoms with Gasteiger partial charge in [0.25, 0.3) is 5.91 Å². The van der Waals surface area contributed by atoms with Gasteiger partial charge in [-0.1, -0.05) is 42.4 Å². The van der Waals surface area contributed by atoms with Gasteiger partial charge in [-0.3, -0.25) is 4.79 Å². The van der Waals surface area contributed by atoms with E-state index in [1.54, 1.807) is 45.0 Å². The van der Waals surface area contributed by atoms with Gasteiger partial charge in [0.05, 0.1) is 5.69 Å². The molecule has 2 amide bonds. The summed E-state index contributed by atoms with van der Waals surface area (Å²) >= 11 is 6.16. The number of aryl methyl sites for hydroxylation is 1. The minimum atomic E-state index is -1.09. The van der Waals surface area contributed by atoms with E-state index in [2.05, 4.69) is 12.3 Å². The van der Waals surface area contributed by atoms with Gasteiger partial charge in [-0.05, 0) is 75.1 Å². The molecule has 0 spiro atoms. The minimum absolute atomic E-state index is 0.314. The number of hydrogen-bond acceptors (Lipinski definition) is 3. The van der Waals surface area contributed by atoms with Gasteiger partial charge in [-0.15, -0.1) is 5.73 Å². The van der Waals surface area contributed by atoms with Crippen molar-refractivity contribution in [3.63, 3.8) is 0 Å². The predicted molar refractivity (Wildman–Crippen MR) is 115 cm³/mol. The molecule has 0 fully saturated rings. The Kier molecular flexibility index (Phi) is 5.44. The minimum Gasteiger partial charge on any atom is -0.443 e. The van der Waals surface area contributed by atoms with Gasteiger partial charge in [0, 0.05) is 5.02 Å². The van der Waals surface area contributed by atoms with Crippen LogP contribution in [0.4, 0.5) is 10.5 Å². The third kappa shape index (κ3) is 3.62. The largest absolute Gasteiger partial charge is 0.443 e. The zero-order valence-corrected chi connectivity index (χ0v) is 17.8. The zero-order chi connectivity index (χ0) is 21.4. The SMILES string of the molecule is C=C=CCC1(c2ccc(Cl)cc2C)C(=O)N(C(=O)OC(C)(C)C)c2ccccc21. The van der Waals surface area contributed by atoms with Crippen molar-refractivity contribution in [1.82, 2.24) is 0 Å². The lowest BCUT2D eigenvalue weighted by atomic mass is 9.71. The van der Waals surface area contributed by atoms with Crippen LogP contribution in [0.15, 0.2) is 60.9 Å². The molecule has 2 aromatic rings. The number of ether oxygens (including phenoxy) is 1. The van der Waals surface area contributed by atoms with Crippen LogP contribution in [0.25, 0.3) is 0 Å². The Hall–Kier alpha value is -2.81. The fourth-order valence-corrected chi connectivity index (χ4v) is 4.06. The van der Waals surface area contributed by atoms with E-state index in [-0.39, 0.29) is 5.91 Å². The van der Waals surface area contributed by atoms with Crippen molar-refractivity contribution >= 4 is 29.3 Å². The molecule has 1 atom stereocenters. The van der Waals surface area contributed by atoms with Crippen molar-refractivity contribution < 1.29 is 14.3 Å². The lowest BCUT2D eigenvalue weighted by molar-refractivity contribution is -0.121. The third-order valence-corrected chi connectivity index (χ3v) is 5.18. The number of rotatable bonds is 3. The molecule has 4 nitrogen and oxygen atoms in total. The number of amides is 2. The predicted octanol–water partition coefficient (Wildman–Crippen LogP) is 5.95. The highest BCUT2D eigenvalue weighted by Gasteiger charge is 2.54. The van der Waals surface area contributed by atoms with Crippen LogP contribution in [-0.4, -0.2) is 17.6 Å². The smallest absolute Gasteiger partial charge is 0.421 e. The quantitative estimate of drug-likeness (QED) is 0.588. The van der Waals surface area contributed by atoms with Crippen LogP contribution in [0.3, 0.4) is 0 Å². The molecular formula is C24H24ClNO3. The summed E-state index contributed by atoms with van der Waals surface area (Å²) in [5.41, 5.74) is 3.87. The van der Waals surface area contributed by atoms with Gasteiger partial charge in [-0.25, -0.2) is 9.69 Å². The molecule has 0 bridgehead atoms. The zero-order valence-electron chi connectivity index (χ0n) is 17.1. The summed E-state index contributed by atoms with van der Waals surface area (Å²) in [7, 11) is 0. The molecule has 1 unspecified atom stereocenters. The number of benzene rings is 2. The Bertz CT molecular complexity index is 1030. The molecule has 1 aliphatic rings. The first-order valence-electron chi connectivity index (χ1n) is 9.40. The van der Waals surface area contributed by atoms with E-state index in [9.17, 15) is 9.59 Å². The van der Waals surface area contributed by atoms with Crippen LogP contribution in [-0.2, 0) is 14.9 Å². The van der Waals surface area contributed by atoms with Gasteiger partial charge in [0.15, 0.2) is 0 Å². The van der Waals surface area contributed by atoms with Crippen LogP contribution < -0.4 is 4.90 Å². The maximum Gasteiger partial charge on any atom is 0.421 e. The normalized spacial score (nSPS) is 18.2. The molecule has 29 heavy (non-hydrogen) atoms. The molecule has 0 saturated carbocycles. The second kappa shape index (κ2) is 7.55. The van der Waals surface area contributed by atoms with E-state index in [1.165, 1.54) is 0 Å². The number of hydrogen-bond donors (Lipinski definition) is 0. The van der Waals surface area contributed by atoms with Crippen LogP contribution in [0.2, 0.25) is 5.02 Å². The van der Waals surface area contributed by atoms with Gasteiger partial charge in [0.1, 0.15) is 11.0 Å². The number of halogens is 1. The van der Waals surface area contributed by atoms with Gasteiger partial charge in [-0.2, -0.15) is 0 Å². The van der Waals surface area contributed by atoms with Gasteiger partial charge < -0.3 is 4.74 Å². The highest BCUT2D eigenvalue weighted by molar-refractivity contribution is 6.30. The van der Waals surface area contributed by atoms with Crippen molar-refractivity contribution in [2.24, 2.45) is 0 Å². The summed E-state index contributed by atoms with van der Waals surface area (Å²) in [6.45, 7) is 10.9. The van der Waals surface area contributed by atoms with Crippen LogP contribution >= 0.6 is 11.6 Å². The van der Waals surface area contributed by atoms with Crippen LogP contribution in [0, 0.1) is 6.92 Å². The van der Waals surface area contributed by atoms with E-state index in [0.29, 0.717) is 17.1 Å². The maximum atomic E-state index is 13.9. The van der Waals surface area contributed by atoms with Crippen LogP contribution in [0.1, 0.15) is 43.9 Å². The highest BCUT2D eigenvalue weighted by Crippen LogP contribution is 2.50. The number of para-hydroxylation sites is 1. The molecule has 1 heterocycles. The van der Waals surface area contributed by atoms with Crippen molar-refractivity contribution in [3.8, 4) is 0 Å². The molecule has 150 valence electrons. The number of carbonyl (C=O) groups excluding carboxylic acids is 2. The van der Waals surface area contributed by atoms with E-state index in [4.69, 9.17) is 16.3 Å². The molecule has 0 aromatic heterocycles. The number of imide groups is 1. The summed E-state index contributed by atoms with van der Waals surface area (Å²) in [5, 5.41) is 0.586. The first kappa shape index (κ1) is 20.9. The monoisotopic (exact) mass is 409 g/mol. The fraction of sp³-hybridized carbons (Fsp3) is 0.292. The lowest BCUT2D eigenvalue weighted by Gasteiger charge is -2.30. The highest BCUT2D eigenvalue weighted by atomic mass is 35.5. The average Bonchev–Trinajstić information content (AvgIpc) is 2.87. The molecular weight excluding hydrogens is 386 g/mol. The molecule has 3 rings (SSSR count). The number of anilines is 1. The number of fused-ring (bicyclic) bond motifs is 1. The van der Waals surface area contributed by atoms with Gasteiger partial charge in [0.2, 0.25) is 0 Å². The van der Waals surface area contributed by atoms with Gasteiger partial charge >= 0.3 is 6.09 Å². The lowest BCUT2D eigenvalue weighted by Crippen LogP contribution is -2.46. The molecule has 0 saturated heterocycles. The van der Waals surface area contributed by atoms with E-state index in [0.717, 1.165) is 21.6 Å². The Labute approximate surface area is 176 Å². The summed E-state index contributed by atoms with van der Waals surface area (Å²) in [6.07, 6.45) is 1.35. The summed E-state index contributed by atoms with van der Waals surface area (Å²) in [6, 6.07) is 12.7.